The summed E-state index contributed by atoms with van der Waals surface area (Å²) in [6.07, 6.45) is 40.1. The highest BCUT2D eigenvalue weighted by Gasteiger charge is 2.35. The topological polar surface area (TPSA) is 223 Å². The lowest BCUT2D eigenvalue weighted by Crippen LogP contribution is -2.19. The van der Waals surface area contributed by atoms with Crippen molar-refractivity contribution in [3.63, 3.8) is 0 Å². The van der Waals surface area contributed by atoms with Crippen LogP contribution >= 0.6 is 0 Å². The number of aromatic hydroxyl groups is 4. The Morgan fingerprint density at radius 3 is 0.596 bits per heavy atom. The predicted molar refractivity (Wildman–Crippen MR) is 416 cm³/mol. The van der Waals surface area contributed by atoms with E-state index >= 15 is 0 Å². The predicted octanol–water partition coefficient (Wildman–Crippen LogP) is 22.8. The number of hydrogen-bond donors (Lipinski definition) is 4. The Morgan fingerprint density at radius 2 is 0.413 bits per heavy atom. The Kier molecular flexibility index (Phi) is 44.1. The Balaban J connectivity index is 2.01. The van der Waals surface area contributed by atoms with E-state index in [-0.39, 0.29) is 72.4 Å². The third-order valence-electron chi connectivity index (χ3n) is 20.6. The molecule has 0 aliphatic heterocycles. The van der Waals surface area contributed by atoms with Gasteiger partial charge in [0.1, 0.15) is 46.0 Å². The number of unbranched alkanes of at least 4 members (excludes halogenated alkanes) is 32. The summed E-state index contributed by atoms with van der Waals surface area (Å²) in [6, 6.07) is 14.1. The van der Waals surface area contributed by atoms with Crippen LogP contribution in [0.2, 0.25) is 0 Å². The van der Waals surface area contributed by atoms with E-state index in [4.69, 9.17) is 37.9 Å². The van der Waals surface area contributed by atoms with E-state index in [1.54, 1.807) is 39.8 Å². The van der Waals surface area contributed by atoms with Crippen LogP contribution in [-0.2, 0) is 38.1 Å². The van der Waals surface area contributed by atoms with Crippen molar-refractivity contribution in [2.45, 2.75) is 336 Å². The van der Waals surface area contributed by atoms with E-state index < -0.39 is 74.0 Å². The fourth-order valence-corrected chi connectivity index (χ4v) is 15.0. The van der Waals surface area contributed by atoms with Crippen molar-refractivity contribution in [2.75, 3.05) is 52.9 Å². The van der Waals surface area contributed by atoms with Gasteiger partial charge in [-0.05, 0) is 77.6 Å². The fourth-order valence-electron chi connectivity index (χ4n) is 15.0. The Bertz CT molecular complexity index is 2690. The molecule has 0 spiro atoms. The molecule has 4 aromatic rings. The number of hydrogen-bond acceptors (Lipinski definition) is 16. The molecule has 4 N–H and O–H groups in total. The third kappa shape index (κ3) is 30.9. The largest absolute Gasteiger partial charge is 0.508 e. The molecule has 0 heterocycles. The maximum absolute atomic E-state index is 13.6. The zero-order chi connectivity index (χ0) is 75.1. The van der Waals surface area contributed by atoms with Gasteiger partial charge in [-0.2, -0.15) is 0 Å². The number of carbonyl (C=O) groups excluding carboxylic acids is 4. The van der Waals surface area contributed by atoms with E-state index in [0.29, 0.717) is 70.2 Å². The van der Waals surface area contributed by atoms with E-state index in [2.05, 4.69) is 27.7 Å². The lowest BCUT2D eigenvalue weighted by atomic mass is 9.76. The van der Waals surface area contributed by atoms with Gasteiger partial charge >= 0.3 is 23.9 Å². The smallest absolute Gasteiger partial charge is 0.344 e. The van der Waals surface area contributed by atoms with Crippen LogP contribution in [0.3, 0.4) is 0 Å². The average Bonchev–Trinajstić information content (AvgIpc) is 0.753. The van der Waals surface area contributed by atoms with Gasteiger partial charge in [0.2, 0.25) is 0 Å². The standard InChI is InChI=1S/C88H136O16/c1-9-17-21-25-29-33-37-41-45-49-65-69-53-70(78(90)57-77(69)89)66(50-46-42-38-34-30-26-22-18-10-2)75-56-76(84(104-64-88(96)100-16-8)60-83(75)103-63-87(95)99-15-7)68(52-48-44-40-36-32-28-24-20-12-4)72-54-71(79(91)58-80(72)92)67(51-47-43-39-35-31-27-23-19-11-3)74-55-73(65)81(101-61-85(93)97-13-5)59-82(74)102-62-86(94)98-14-6/h53-60,65-68,89-92H,9-52,61-64H2,1-8H3/t65-,66+,67+,68-. The van der Waals surface area contributed by atoms with Gasteiger partial charge in [0.25, 0.3) is 0 Å². The van der Waals surface area contributed by atoms with Crippen LogP contribution < -0.4 is 18.9 Å². The number of carbonyl (C=O) groups is 4. The van der Waals surface area contributed by atoms with Gasteiger partial charge in [-0.25, -0.2) is 19.2 Å². The van der Waals surface area contributed by atoms with Crippen molar-refractivity contribution < 1.29 is 77.5 Å². The quantitative estimate of drug-likeness (QED) is 0.0183. The van der Waals surface area contributed by atoms with Crippen LogP contribution in [0.25, 0.3) is 0 Å². The molecule has 4 atom stereocenters. The van der Waals surface area contributed by atoms with E-state index in [9.17, 15) is 39.6 Å². The summed E-state index contributed by atoms with van der Waals surface area (Å²) in [5.41, 5.74) is 4.37. The molecule has 16 heteroatoms. The van der Waals surface area contributed by atoms with E-state index in [1.807, 2.05) is 24.3 Å². The van der Waals surface area contributed by atoms with Gasteiger partial charge in [-0.15, -0.1) is 0 Å². The highest BCUT2D eigenvalue weighted by atomic mass is 16.6. The summed E-state index contributed by atoms with van der Waals surface area (Å²) >= 11 is 0. The first-order valence-corrected chi connectivity index (χ1v) is 41.3. The molecule has 0 aromatic heterocycles. The minimum Gasteiger partial charge on any atom is -0.508 e. The molecule has 0 saturated heterocycles. The first-order chi connectivity index (χ1) is 50.7. The number of rotatable bonds is 56. The summed E-state index contributed by atoms with van der Waals surface area (Å²) in [7, 11) is 0. The van der Waals surface area contributed by atoms with Crippen molar-refractivity contribution in [3.05, 3.63) is 93.0 Å². The van der Waals surface area contributed by atoms with Crippen LogP contribution in [0.4, 0.5) is 0 Å². The Labute approximate surface area is 626 Å². The molecule has 1 aliphatic carbocycles. The highest BCUT2D eigenvalue weighted by Crippen LogP contribution is 2.53. The van der Waals surface area contributed by atoms with Crippen molar-refractivity contribution in [2.24, 2.45) is 0 Å². The van der Waals surface area contributed by atoms with Crippen molar-refractivity contribution in [3.8, 4) is 46.0 Å². The second kappa shape index (κ2) is 52.2. The zero-order valence-corrected chi connectivity index (χ0v) is 65.6. The summed E-state index contributed by atoms with van der Waals surface area (Å²) < 4.78 is 48.7. The summed E-state index contributed by atoms with van der Waals surface area (Å²) in [5.74, 6) is -4.77. The van der Waals surface area contributed by atoms with Crippen LogP contribution in [0.15, 0.2) is 48.5 Å². The van der Waals surface area contributed by atoms with Gasteiger partial charge in [-0.1, -0.05) is 259 Å². The second-order valence-corrected chi connectivity index (χ2v) is 28.8. The molecule has 0 radical (unpaired) electrons. The minimum atomic E-state index is -0.679. The second-order valence-electron chi connectivity index (χ2n) is 28.8. The molecule has 0 amide bonds. The van der Waals surface area contributed by atoms with Gasteiger partial charge in [-0.3, -0.25) is 0 Å². The first kappa shape index (κ1) is 87.8. The van der Waals surface area contributed by atoms with Crippen LogP contribution in [0, 0.1) is 0 Å². The van der Waals surface area contributed by atoms with Crippen LogP contribution in [0.5, 0.6) is 46.0 Å². The number of ether oxygens (including phenoxy) is 8. The minimum absolute atomic E-state index is 0.118. The van der Waals surface area contributed by atoms with E-state index in [1.165, 1.54) is 115 Å². The molecule has 104 heavy (non-hydrogen) atoms. The van der Waals surface area contributed by atoms with Crippen LogP contribution in [0.1, 0.15) is 380 Å². The summed E-state index contributed by atoms with van der Waals surface area (Å²) in [4.78, 5) is 54.3. The molecule has 5 rings (SSSR count). The Hall–Kier alpha value is -6.84. The van der Waals surface area contributed by atoms with Gasteiger partial charge < -0.3 is 58.3 Å². The summed E-state index contributed by atoms with van der Waals surface area (Å²) in [5, 5.41) is 51.4. The van der Waals surface area contributed by atoms with Crippen LogP contribution in [-0.4, -0.2) is 97.2 Å². The lowest BCUT2D eigenvalue weighted by molar-refractivity contribution is -0.146. The first-order valence-electron chi connectivity index (χ1n) is 41.3. The molecule has 584 valence electrons. The highest BCUT2D eigenvalue weighted by molar-refractivity contribution is 5.74. The van der Waals surface area contributed by atoms with Crippen molar-refractivity contribution in [1.82, 2.24) is 0 Å². The van der Waals surface area contributed by atoms with E-state index in [0.717, 1.165) is 128 Å². The molecular formula is C88H136O16. The third-order valence-corrected chi connectivity index (χ3v) is 20.6. The molecule has 1 aliphatic rings. The SMILES string of the molecule is CCCCCCCCCCC[C@@H]1c2cc(c(O)cc2O)[C@H](CCCCCCCCCCC)c2cc(c(OCC(=O)OCC)cc2OCC(=O)OCC)[C@H](CCCCCCCCCCC)c2cc(c(O)cc2O)[C@H](CCCCCCCCCCC)c2cc1c(OCC(=O)OCC)cc2OCC(=O)OCC. The number of phenolic OH excluding ortho intramolecular Hbond substituents is 4. The number of fused-ring (bicyclic) bond motifs is 8. The molecule has 8 bridgehead atoms. The maximum Gasteiger partial charge on any atom is 0.344 e. The molecule has 4 aromatic carbocycles. The normalized spacial score (nSPS) is 14.8. The van der Waals surface area contributed by atoms with Gasteiger partial charge in [0.05, 0.1) is 26.4 Å². The lowest BCUT2D eigenvalue weighted by Gasteiger charge is -2.31. The van der Waals surface area contributed by atoms with Gasteiger partial charge in [0, 0.05) is 92.4 Å². The van der Waals surface area contributed by atoms with Crippen molar-refractivity contribution >= 4 is 23.9 Å². The van der Waals surface area contributed by atoms with Gasteiger partial charge in [0.15, 0.2) is 26.4 Å². The zero-order valence-electron chi connectivity index (χ0n) is 65.6. The maximum atomic E-state index is 13.6. The monoisotopic (exact) mass is 1450 g/mol. The number of esters is 4. The molecule has 16 nitrogen and oxygen atoms in total. The summed E-state index contributed by atoms with van der Waals surface area (Å²) in [6.45, 7) is 14.4. The molecule has 0 fully saturated rings. The Morgan fingerprint density at radius 1 is 0.240 bits per heavy atom. The average molecular weight is 1450 g/mol. The molecule has 0 unspecified atom stereocenters. The molecular weight excluding hydrogens is 1310 g/mol. The van der Waals surface area contributed by atoms with Crippen molar-refractivity contribution in [1.29, 1.82) is 0 Å². The number of benzene rings is 4. The number of phenols is 4. The molecule has 0 saturated carbocycles. The fraction of sp³-hybridized carbons (Fsp3) is 0.682.